The summed E-state index contributed by atoms with van der Waals surface area (Å²) in [6, 6.07) is 10.9. The van der Waals surface area contributed by atoms with Crippen molar-refractivity contribution in [2.24, 2.45) is 20.5 Å². The molecule has 0 aliphatic carbocycles. The monoisotopic (exact) mass is 801 g/mol. The van der Waals surface area contributed by atoms with Crippen LogP contribution in [-0.2, 0) is 49.1 Å². The second-order valence-electron chi connectivity index (χ2n) is 10.7. The summed E-state index contributed by atoms with van der Waals surface area (Å²) in [6.45, 7) is 0.617. The molecule has 5 N–H and O–H groups in total. The van der Waals surface area contributed by atoms with E-state index in [0.717, 1.165) is 18.2 Å². The van der Waals surface area contributed by atoms with Crippen LogP contribution in [0.5, 0.6) is 11.5 Å². The van der Waals surface area contributed by atoms with Crippen LogP contribution in [0.2, 0.25) is 0 Å². The lowest BCUT2D eigenvalue weighted by atomic mass is 10.0. The number of hydrogen-bond acceptors (Lipinski definition) is 17. The lowest BCUT2D eigenvalue weighted by molar-refractivity contribution is 0.217. The van der Waals surface area contributed by atoms with E-state index in [0.29, 0.717) is 0 Å². The number of ether oxygens (including phenoxy) is 2. The van der Waals surface area contributed by atoms with Crippen molar-refractivity contribution in [3.8, 4) is 11.5 Å². The maximum Gasteiger partial charge on any atom is 0.397 e. The molecule has 0 saturated heterocycles. The summed E-state index contributed by atoms with van der Waals surface area (Å²) in [6.07, 6.45) is 0. The SMILES string of the molecule is COCCS(=O)(=O)c1ccc(OC)c(N=Nc2c(C)cc3cc(S(=O)(=O)O)c(N=Nc4ccc(S(=O)(=O)CCOS(=O)(=O)O)cc4)c(N)c3c2O)c1. The predicted molar refractivity (Wildman–Crippen MR) is 186 cm³/mol. The molecule has 4 aromatic carbocycles. The van der Waals surface area contributed by atoms with Crippen molar-refractivity contribution in [2.75, 3.05) is 44.7 Å². The molecule has 0 spiro atoms. The Labute approximate surface area is 298 Å². The molecule has 0 bridgehead atoms. The molecular formula is C29H31N5O14S4. The molecule has 0 radical (unpaired) electrons. The van der Waals surface area contributed by atoms with E-state index < -0.39 is 74.6 Å². The summed E-state index contributed by atoms with van der Waals surface area (Å²) in [5.74, 6) is -1.51. The molecule has 19 nitrogen and oxygen atoms in total. The van der Waals surface area contributed by atoms with Gasteiger partial charge in [0.15, 0.2) is 25.4 Å². The highest BCUT2D eigenvalue weighted by Crippen LogP contribution is 2.47. The average molecular weight is 802 g/mol. The number of azo groups is 2. The standard InChI is InChI=1S/C29H31N5O14S4/c1-17-14-18-15-24(51(40,41)42)28(34-31-19-4-6-20(7-5-19)49(36,37)13-11-48-52(43,44)45)26(30)25(18)29(35)27(17)33-32-22-16-21(8-9-23(22)47-3)50(38,39)12-10-46-2/h4-9,14-16,35H,10-13,30H2,1-3H3,(H,40,41,42)(H,43,44,45). The topological polar surface area (TPSA) is 300 Å². The largest absolute Gasteiger partial charge is 0.505 e. The Morgan fingerprint density at radius 1 is 0.731 bits per heavy atom. The first-order chi connectivity index (χ1) is 24.2. The van der Waals surface area contributed by atoms with E-state index >= 15 is 0 Å². The van der Waals surface area contributed by atoms with Gasteiger partial charge in [0, 0.05) is 7.11 Å². The molecule has 0 aliphatic rings. The van der Waals surface area contributed by atoms with Gasteiger partial charge >= 0.3 is 10.4 Å². The first-order valence-corrected chi connectivity index (χ1v) is 20.5. The van der Waals surface area contributed by atoms with Gasteiger partial charge in [0.2, 0.25) is 0 Å². The highest BCUT2D eigenvalue weighted by Gasteiger charge is 2.25. The minimum atomic E-state index is -4.99. The Hall–Kier alpha value is -4.62. The van der Waals surface area contributed by atoms with Crippen LogP contribution in [0.4, 0.5) is 28.4 Å². The highest BCUT2D eigenvalue weighted by atomic mass is 32.3. The molecule has 0 heterocycles. The fraction of sp³-hybridized carbons (Fsp3) is 0.241. The summed E-state index contributed by atoms with van der Waals surface area (Å²) in [7, 11) is -15.0. The van der Waals surface area contributed by atoms with Gasteiger partial charge in [-0.2, -0.15) is 21.9 Å². The van der Waals surface area contributed by atoms with Gasteiger partial charge in [-0.15, -0.1) is 15.3 Å². The third-order valence-corrected chi connectivity index (χ3v) is 11.9. The van der Waals surface area contributed by atoms with E-state index in [1.165, 1.54) is 57.5 Å². The van der Waals surface area contributed by atoms with Crippen LogP contribution in [0.25, 0.3) is 10.8 Å². The van der Waals surface area contributed by atoms with E-state index in [2.05, 4.69) is 24.6 Å². The average Bonchev–Trinajstić information content (AvgIpc) is 3.05. The molecule has 0 fully saturated rings. The second kappa shape index (κ2) is 15.5. The van der Waals surface area contributed by atoms with Crippen LogP contribution >= 0.6 is 0 Å². The van der Waals surface area contributed by atoms with Gasteiger partial charge in [-0.05, 0) is 72.5 Å². The number of nitrogens with zero attached hydrogens (tertiary/aromatic N) is 4. The normalized spacial score (nSPS) is 13.0. The molecule has 23 heteroatoms. The third-order valence-electron chi connectivity index (χ3n) is 7.19. The maximum atomic E-state index is 12.7. The Balaban J connectivity index is 1.77. The maximum absolute atomic E-state index is 12.7. The summed E-state index contributed by atoms with van der Waals surface area (Å²) >= 11 is 0. The molecule has 4 rings (SSSR count). The van der Waals surface area contributed by atoms with Crippen molar-refractivity contribution < 1.29 is 61.5 Å². The number of benzene rings is 4. The van der Waals surface area contributed by atoms with Crippen LogP contribution in [0.1, 0.15) is 5.56 Å². The van der Waals surface area contributed by atoms with Gasteiger partial charge in [0.1, 0.15) is 27.7 Å². The van der Waals surface area contributed by atoms with Crippen LogP contribution in [0.15, 0.2) is 89.7 Å². The number of sulfone groups is 2. The van der Waals surface area contributed by atoms with Crippen molar-refractivity contribution in [3.63, 3.8) is 0 Å². The Bertz CT molecular complexity index is 2520. The van der Waals surface area contributed by atoms with Gasteiger partial charge in [-0.25, -0.2) is 21.0 Å². The number of hydrogen-bond donors (Lipinski definition) is 4. The lowest BCUT2D eigenvalue weighted by Gasteiger charge is -2.14. The number of aryl methyl sites for hydroxylation is 1. The number of phenols is 1. The summed E-state index contributed by atoms with van der Waals surface area (Å²) < 4.78 is 129. The number of rotatable bonds is 15. The lowest BCUT2D eigenvalue weighted by Crippen LogP contribution is -2.15. The molecular weight excluding hydrogens is 771 g/mol. The van der Waals surface area contributed by atoms with Crippen LogP contribution in [-0.4, -0.2) is 86.8 Å². The number of fused-ring (bicyclic) bond motifs is 1. The van der Waals surface area contributed by atoms with Crippen LogP contribution < -0.4 is 10.5 Å². The zero-order chi connectivity index (χ0) is 38.6. The Morgan fingerprint density at radius 3 is 1.92 bits per heavy atom. The first kappa shape index (κ1) is 40.2. The van der Waals surface area contributed by atoms with Gasteiger partial charge in [-0.3, -0.25) is 9.11 Å². The first-order valence-electron chi connectivity index (χ1n) is 14.4. The smallest absolute Gasteiger partial charge is 0.397 e. The number of methoxy groups -OCH3 is 2. The zero-order valence-corrected chi connectivity index (χ0v) is 30.6. The van der Waals surface area contributed by atoms with Gasteiger partial charge in [0.05, 0.1) is 58.4 Å². The molecule has 0 atom stereocenters. The molecule has 0 aromatic heterocycles. The van der Waals surface area contributed by atoms with Crippen LogP contribution in [0, 0.1) is 6.92 Å². The van der Waals surface area contributed by atoms with Crippen molar-refractivity contribution in [2.45, 2.75) is 21.6 Å². The molecule has 0 aliphatic heterocycles. The fourth-order valence-corrected chi connectivity index (χ4v) is 8.00. The number of aromatic hydroxyl groups is 1. The molecule has 4 aromatic rings. The van der Waals surface area contributed by atoms with Gasteiger partial charge in [0.25, 0.3) is 10.1 Å². The second-order valence-corrected chi connectivity index (χ2v) is 17.4. The highest BCUT2D eigenvalue weighted by molar-refractivity contribution is 7.91. The molecule has 0 saturated carbocycles. The number of phenolic OH excluding ortho intramolecular Hbond substituents is 1. The number of nitrogen functional groups attached to an aromatic ring is 1. The summed E-state index contributed by atoms with van der Waals surface area (Å²) in [4.78, 5) is -1.13. The van der Waals surface area contributed by atoms with E-state index in [1.54, 1.807) is 0 Å². The zero-order valence-electron chi connectivity index (χ0n) is 27.4. The number of nitrogens with two attached hydrogens (primary N) is 1. The Morgan fingerprint density at radius 2 is 1.33 bits per heavy atom. The molecule has 280 valence electrons. The van der Waals surface area contributed by atoms with Gasteiger partial charge in [-0.1, -0.05) is 0 Å². The fourth-order valence-electron chi connectivity index (χ4n) is 4.65. The van der Waals surface area contributed by atoms with Crippen LogP contribution in [0.3, 0.4) is 0 Å². The van der Waals surface area contributed by atoms with E-state index in [4.69, 9.17) is 19.8 Å². The molecule has 0 unspecified atom stereocenters. The van der Waals surface area contributed by atoms with Gasteiger partial charge < -0.3 is 20.3 Å². The summed E-state index contributed by atoms with van der Waals surface area (Å²) in [5, 5.41) is 27.2. The summed E-state index contributed by atoms with van der Waals surface area (Å²) in [5.41, 5.74) is 5.37. The van der Waals surface area contributed by atoms with Crippen molar-refractivity contribution >= 4 is 79.4 Å². The molecule has 52 heavy (non-hydrogen) atoms. The Kier molecular flexibility index (Phi) is 12.0. The van der Waals surface area contributed by atoms with E-state index in [-0.39, 0.29) is 61.3 Å². The van der Waals surface area contributed by atoms with E-state index in [9.17, 15) is 43.3 Å². The predicted octanol–water partition coefficient (Wildman–Crippen LogP) is 4.54. The van der Waals surface area contributed by atoms with E-state index in [1.807, 2.05) is 0 Å². The number of anilines is 1. The van der Waals surface area contributed by atoms with Crippen molar-refractivity contribution in [3.05, 3.63) is 60.2 Å². The minimum absolute atomic E-state index is 0.00525. The molecule has 0 amide bonds. The minimum Gasteiger partial charge on any atom is -0.505 e. The van der Waals surface area contributed by atoms with Crippen molar-refractivity contribution in [1.82, 2.24) is 0 Å². The third kappa shape index (κ3) is 9.43. The van der Waals surface area contributed by atoms with Crippen molar-refractivity contribution in [1.29, 1.82) is 0 Å². The quantitative estimate of drug-likeness (QED) is 0.0729.